The maximum Gasteiger partial charge on any atom is 0.0934 e. The minimum absolute atomic E-state index is 0.660. The van der Waals surface area contributed by atoms with Crippen LogP contribution in [0.25, 0.3) is 10.9 Å². The lowest BCUT2D eigenvalue weighted by Crippen LogP contribution is -2.11. The molecular weight excluding hydrogens is 244 g/mol. The van der Waals surface area contributed by atoms with Crippen LogP contribution in [-0.2, 0) is 0 Å². The van der Waals surface area contributed by atoms with E-state index >= 15 is 0 Å². The Hall–Kier alpha value is -1.28. The van der Waals surface area contributed by atoms with Crippen LogP contribution in [0.4, 0.5) is 5.69 Å². The number of anilines is 1. The number of hydrogen-bond donors (Lipinski definition) is 1. The highest BCUT2D eigenvalue weighted by molar-refractivity contribution is 6.31. The second-order valence-electron chi connectivity index (χ2n) is 4.80. The zero-order chi connectivity index (χ0) is 13.0. The summed E-state index contributed by atoms with van der Waals surface area (Å²) in [5.41, 5.74) is 2.02. The number of benzene rings is 1. The van der Waals surface area contributed by atoms with Crippen molar-refractivity contribution in [3.05, 3.63) is 35.5 Å². The maximum atomic E-state index is 6.13. The largest absolute Gasteiger partial charge is 0.383 e. The Bertz CT molecular complexity index is 525. The highest BCUT2D eigenvalue weighted by Gasteiger charge is 2.06. The van der Waals surface area contributed by atoms with Crippen LogP contribution in [0.2, 0.25) is 5.02 Å². The Morgan fingerprint density at radius 1 is 1.39 bits per heavy atom. The Kier molecular flexibility index (Phi) is 4.43. The van der Waals surface area contributed by atoms with Crippen LogP contribution in [0.15, 0.2) is 30.5 Å². The third-order valence-electron chi connectivity index (χ3n) is 3.09. The molecule has 0 spiro atoms. The number of nitrogens with zero attached hydrogens (tertiary/aromatic N) is 1. The molecule has 1 aromatic carbocycles. The zero-order valence-corrected chi connectivity index (χ0v) is 11.7. The van der Waals surface area contributed by atoms with Crippen LogP contribution in [0.5, 0.6) is 0 Å². The summed E-state index contributed by atoms with van der Waals surface area (Å²) in [6.45, 7) is 5.43. The van der Waals surface area contributed by atoms with Gasteiger partial charge in [0.1, 0.15) is 0 Å². The van der Waals surface area contributed by atoms with Crippen LogP contribution in [-0.4, -0.2) is 11.5 Å². The molecule has 2 nitrogen and oxygen atoms in total. The summed E-state index contributed by atoms with van der Waals surface area (Å²) < 4.78 is 0. The Morgan fingerprint density at radius 2 is 2.22 bits per heavy atom. The molecule has 18 heavy (non-hydrogen) atoms. The summed E-state index contributed by atoms with van der Waals surface area (Å²) >= 11 is 6.13. The molecule has 2 aromatic rings. The van der Waals surface area contributed by atoms with E-state index in [0.717, 1.165) is 28.2 Å². The van der Waals surface area contributed by atoms with Gasteiger partial charge in [0, 0.05) is 23.2 Å². The van der Waals surface area contributed by atoms with Crippen molar-refractivity contribution in [2.45, 2.75) is 26.7 Å². The summed E-state index contributed by atoms with van der Waals surface area (Å²) in [6, 6.07) is 7.87. The molecule has 0 fully saturated rings. The first kappa shape index (κ1) is 13.2. The second kappa shape index (κ2) is 6.05. The van der Waals surface area contributed by atoms with Gasteiger partial charge in [0.2, 0.25) is 0 Å². The molecule has 2 rings (SSSR count). The van der Waals surface area contributed by atoms with Crippen LogP contribution in [0, 0.1) is 5.92 Å². The molecule has 0 saturated carbocycles. The molecule has 1 aromatic heterocycles. The summed E-state index contributed by atoms with van der Waals surface area (Å²) in [6.07, 6.45) is 4.27. The fraction of sp³-hybridized carbons (Fsp3) is 0.400. The van der Waals surface area contributed by atoms with Crippen LogP contribution < -0.4 is 5.32 Å². The zero-order valence-electron chi connectivity index (χ0n) is 10.9. The molecule has 0 amide bonds. The molecule has 1 N–H and O–H groups in total. The normalized spacial score (nSPS) is 12.6. The molecule has 0 radical (unpaired) electrons. The van der Waals surface area contributed by atoms with Gasteiger partial charge >= 0.3 is 0 Å². The van der Waals surface area contributed by atoms with E-state index in [0.29, 0.717) is 5.92 Å². The van der Waals surface area contributed by atoms with Gasteiger partial charge in [0.05, 0.1) is 11.2 Å². The summed E-state index contributed by atoms with van der Waals surface area (Å²) in [5, 5.41) is 5.30. The van der Waals surface area contributed by atoms with E-state index in [1.54, 1.807) is 0 Å². The van der Waals surface area contributed by atoms with E-state index in [4.69, 9.17) is 11.6 Å². The fourth-order valence-electron chi connectivity index (χ4n) is 2.17. The molecule has 96 valence electrons. The standard InChI is InChI=1S/C15H19ClN2/c1-3-5-11(2)10-18-14-9-13(16)8-12-6-4-7-17-15(12)14/h4,6-9,11,18H,3,5,10H2,1-2H3. The van der Waals surface area contributed by atoms with Gasteiger partial charge in [-0.05, 0) is 30.5 Å². The highest BCUT2D eigenvalue weighted by atomic mass is 35.5. The lowest BCUT2D eigenvalue weighted by atomic mass is 10.1. The lowest BCUT2D eigenvalue weighted by Gasteiger charge is -2.14. The van der Waals surface area contributed by atoms with Gasteiger partial charge in [-0.1, -0.05) is 37.9 Å². The monoisotopic (exact) mass is 262 g/mol. The third kappa shape index (κ3) is 3.14. The fourth-order valence-corrected chi connectivity index (χ4v) is 2.40. The number of fused-ring (bicyclic) bond motifs is 1. The minimum Gasteiger partial charge on any atom is -0.383 e. The van der Waals surface area contributed by atoms with Gasteiger partial charge < -0.3 is 5.32 Å². The molecule has 0 bridgehead atoms. The molecule has 0 aliphatic carbocycles. The van der Waals surface area contributed by atoms with Crippen molar-refractivity contribution in [2.24, 2.45) is 5.92 Å². The number of hydrogen-bond acceptors (Lipinski definition) is 2. The first-order valence-corrected chi connectivity index (χ1v) is 6.86. The molecule has 0 saturated heterocycles. The average Bonchev–Trinajstić information content (AvgIpc) is 2.36. The minimum atomic E-state index is 0.660. The van der Waals surface area contributed by atoms with Crippen LogP contribution in [0.1, 0.15) is 26.7 Å². The predicted octanol–water partition coefficient (Wildman–Crippen LogP) is 4.74. The van der Waals surface area contributed by atoms with Crippen molar-refractivity contribution >= 4 is 28.2 Å². The van der Waals surface area contributed by atoms with E-state index in [9.17, 15) is 0 Å². The summed E-state index contributed by atoms with van der Waals surface area (Å²) in [7, 11) is 0. The number of nitrogens with one attached hydrogen (secondary N) is 1. The van der Waals surface area contributed by atoms with Gasteiger partial charge in [-0.2, -0.15) is 0 Å². The lowest BCUT2D eigenvalue weighted by molar-refractivity contribution is 0.551. The maximum absolute atomic E-state index is 6.13. The van der Waals surface area contributed by atoms with Crippen LogP contribution >= 0.6 is 11.6 Å². The van der Waals surface area contributed by atoms with E-state index in [1.807, 2.05) is 30.5 Å². The average molecular weight is 263 g/mol. The first-order valence-electron chi connectivity index (χ1n) is 6.49. The quantitative estimate of drug-likeness (QED) is 0.842. The van der Waals surface area contributed by atoms with Gasteiger partial charge in [-0.15, -0.1) is 0 Å². The molecule has 3 heteroatoms. The topological polar surface area (TPSA) is 24.9 Å². The van der Waals surface area contributed by atoms with Gasteiger partial charge in [0.15, 0.2) is 0 Å². The smallest absolute Gasteiger partial charge is 0.0934 e. The highest BCUT2D eigenvalue weighted by Crippen LogP contribution is 2.26. The predicted molar refractivity (Wildman–Crippen MR) is 79.3 cm³/mol. The van der Waals surface area contributed by atoms with Gasteiger partial charge in [-0.25, -0.2) is 0 Å². The van der Waals surface area contributed by atoms with Crippen molar-refractivity contribution in [1.82, 2.24) is 4.98 Å². The summed E-state index contributed by atoms with van der Waals surface area (Å²) in [5.74, 6) is 0.660. The van der Waals surface area contributed by atoms with Crippen molar-refractivity contribution < 1.29 is 0 Å². The molecular formula is C15H19ClN2. The molecule has 1 atom stereocenters. The first-order chi connectivity index (χ1) is 8.70. The van der Waals surface area contributed by atoms with Crippen molar-refractivity contribution in [2.75, 3.05) is 11.9 Å². The molecule has 1 unspecified atom stereocenters. The number of aromatic nitrogens is 1. The second-order valence-corrected chi connectivity index (χ2v) is 5.24. The van der Waals surface area contributed by atoms with E-state index in [-0.39, 0.29) is 0 Å². The Morgan fingerprint density at radius 3 is 3.00 bits per heavy atom. The van der Waals surface area contributed by atoms with Gasteiger partial charge in [-0.3, -0.25) is 4.98 Å². The van der Waals surface area contributed by atoms with Crippen molar-refractivity contribution in [3.63, 3.8) is 0 Å². The van der Waals surface area contributed by atoms with E-state index in [1.165, 1.54) is 12.8 Å². The van der Waals surface area contributed by atoms with Crippen LogP contribution in [0.3, 0.4) is 0 Å². The SMILES string of the molecule is CCCC(C)CNc1cc(Cl)cc2cccnc12. The van der Waals surface area contributed by atoms with E-state index < -0.39 is 0 Å². The van der Waals surface area contributed by atoms with Crippen molar-refractivity contribution in [3.8, 4) is 0 Å². The number of rotatable bonds is 5. The molecule has 0 aliphatic rings. The number of halogens is 1. The van der Waals surface area contributed by atoms with E-state index in [2.05, 4.69) is 24.1 Å². The molecule has 0 aliphatic heterocycles. The Labute approximate surface area is 113 Å². The Balaban J connectivity index is 2.21. The molecule has 1 heterocycles. The van der Waals surface area contributed by atoms with Crippen molar-refractivity contribution in [1.29, 1.82) is 0 Å². The van der Waals surface area contributed by atoms with Gasteiger partial charge in [0.25, 0.3) is 0 Å². The summed E-state index contributed by atoms with van der Waals surface area (Å²) in [4.78, 5) is 4.43. The number of pyridine rings is 1. The third-order valence-corrected chi connectivity index (χ3v) is 3.31.